The van der Waals surface area contributed by atoms with Gasteiger partial charge in [-0.25, -0.2) is 4.98 Å². The second-order valence-electron chi connectivity index (χ2n) is 6.31. The van der Waals surface area contributed by atoms with Crippen molar-refractivity contribution in [2.45, 2.75) is 13.8 Å². The van der Waals surface area contributed by atoms with E-state index in [1.807, 2.05) is 49.4 Å². The maximum atomic E-state index is 12.8. The second kappa shape index (κ2) is 7.21. The number of aryl methyl sites for hydroxylation is 2. The highest BCUT2D eigenvalue weighted by molar-refractivity contribution is 7.22. The number of hydrogen-bond donors (Lipinski definition) is 1. The first kappa shape index (κ1) is 17.2. The monoisotopic (exact) mass is 374 g/mol. The van der Waals surface area contributed by atoms with Gasteiger partial charge in [-0.05, 0) is 55.3 Å². The average molecular weight is 374 g/mol. The number of nitrogens with one attached hydrogen (secondary N) is 1. The van der Waals surface area contributed by atoms with Crippen molar-refractivity contribution in [1.82, 2.24) is 4.98 Å². The highest BCUT2D eigenvalue weighted by Crippen LogP contribution is 2.31. The summed E-state index contributed by atoms with van der Waals surface area (Å²) < 4.78 is 6.95. The van der Waals surface area contributed by atoms with Crippen LogP contribution in [0.5, 0.6) is 11.5 Å². The molecule has 0 aliphatic heterocycles. The van der Waals surface area contributed by atoms with Crippen LogP contribution in [0.25, 0.3) is 10.2 Å². The van der Waals surface area contributed by atoms with Crippen LogP contribution in [0, 0.1) is 13.8 Å². The van der Waals surface area contributed by atoms with E-state index in [0.29, 0.717) is 22.2 Å². The number of fused-ring (bicyclic) bond motifs is 1. The molecule has 3 aromatic carbocycles. The Morgan fingerprint density at radius 3 is 2.56 bits per heavy atom. The van der Waals surface area contributed by atoms with Gasteiger partial charge in [0.1, 0.15) is 11.5 Å². The molecule has 4 nitrogen and oxygen atoms in total. The molecule has 0 aliphatic rings. The van der Waals surface area contributed by atoms with E-state index in [1.165, 1.54) is 16.9 Å². The molecule has 0 unspecified atom stereocenters. The zero-order chi connectivity index (χ0) is 18.8. The van der Waals surface area contributed by atoms with Crippen molar-refractivity contribution < 1.29 is 9.53 Å². The quantitative estimate of drug-likeness (QED) is 0.480. The third-order valence-electron chi connectivity index (χ3n) is 4.15. The van der Waals surface area contributed by atoms with E-state index in [4.69, 9.17) is 4.74 Å². The van der Waals surface area contributed by atoms with Gasteiger partial charge in [0.15, 0.2) is 5.13 Å². The number of anilines is 1. The lowest BCUT2D eigenvalue weighted by molar-refractivity contribution is 0.102. The van der Waals surface area contributed by atoms with E-state index in [9.17, 15) is 4.79 Å². The molecule has 0 saturated carbocycles. The van der Waals surface area contributed by atoms with E-state index >= 15 is 0 Å². The summed E-state index contributed by atoms with van der Waals surface area (Å²) in [5, 5.41) is 3.49. The van der Waals surface area contributed by atoms with Gasteiger partial charge in [-0.2, -0.15) is 0 Å². The Bertz CT molecular complexity index is 1120. The van der Waals surface area contributed by atoms with Gasteiger partial charge in [-0.1, -0.05) is 47.7 Å². The van der Waals surface area contributed by atoms with Crippen molar-refractivity contribution in [3.8, 4) is 11.5 Å². The van der Waals surface area contributed by atoms with E-state index in [2.05, 4.69) is 29.4 Å². The van der Waals surface area contributed by atoms with Gasteiger partial charge in [0, 0.05) is 0 Å². The normalized spacial score (nSPS) is 10.7. The van der Waals surface area contributed by atoms with Crippen LogP contribution >= 0.6 is 11.3 Å². The highest BCUT2D eigenvalue weighted by atomic mass is 32.1. The number of carbonyl (C=O) groups is 1. The van der Waals surface area contributed by atoms with Crippen LogP contribution in [-0.2, 0) is 0 Å². The van der Waals surface area contributed by atoms with Crippen LogP contribution in [0.3, 0.4) is 0 Å². The number of ether oxygens (including phenoxy) is 1. The van der Waals surface area contributed by atoms with Crippen molar-refractivity contribution >= 4 is 32.6 Å². The highest BCUT2D eigenvalue weighted by Gasteiger charge is 2.15. The third-order valence-corrected chi connectivity index (χ3v) is 5.07. The maximum Gasteiger partial charge on any atom is 0.261 e. The number of amides is 1. The van der Waals surface area contributed by atoms with Gasteiger partial charge in [0.2, 0.25) is 0 Å². The minimum atomic E-state index is -0.241. The Hall–Kier alpha value is -3.18. The molecule has 0 aliphatic carbocycles. The van der Waals surface area contributed by atoms with Gasteiger partial charge < -0.3 is 4.74 Å². The lowest BCUT2D eigenvalue weighted by Crippen LogP contribution is -2.12. The molecule has 4 aromatic rings. The molecule has 0 bridgehead atoms. The maximum absolute atomic E-state index is 12.8. The number of hydrogen-bond acceptors (Lipinski definition) is 4. The number of nitrogens with zero attached hydrogens (tertiary/aromatic N) is 1. The molecule has 0 atom stereocenters. The van der Waals surface area contributed by atoms with Crippen molar-refractivity contribution in [3.63, 3.8) is 0 Å². The third kappa shape index (κ3) is 3.68. The Morgan fingerprint density at radius 1 is 1.00 bits per heavy atom. The molecule has 4 rings (SSSR count). The van der Waals surface area contributed by atoms with Gasteiger partial charge in [0.25, 0.3) is 5.91 Å². The summed E-state index contributed by atoms with van der Waals surface area (Å²) in [4.78, 5) is 17.4. The van der Waals surface area contributed by atoms with Gasteiger partial charge in [0.05, 0.1) is 15.8 Å². The Balaban J connectivity index is 1.61. The predicted molar refractivity (Wildman–Crippen MR) is 110 cm³/mol. The fourth-order valence-electron chi connectivity index (χ4n) is 2.95. The number of carbonyl (C=O) groups excluding carboxylic acids is 1. The molecule has 1 N–H and O–H groups in total. The molecule has 1 aromatic heterocycles. The summed E-state index contributed by atoms with van der Waals surface area (Å²) >= 11 is 1.47. The molecule has 0 saturated heterocycles. The lowest BCUT2D eigenvalue weighted by Gasteiger charge is -2.10. The minimum absolute atomic E-state index is 0.241. The smallest absolute Gasteiger partial charge is 0.261 e. The fraction of sp³-hybridized carbons (Fsp3) is 0.0909. The number of aromatic nitrogens is 1. The minimum Gasteiger partial charge on any atom is -0.457 e. The zero-order valence-electron chi connectivity index (χ0n) is 15.0. The summed E-state index contributed by atoms with van der Waals surface area (Å²) in [6, 6.07) is 20.8. The zero-order valence-corrected chi connectivity index (χ0v) is 15.8. The van der Waals surface area contributed by atoms with Crippen LogP contribution < -0.4 is 10.1 Å². The molecule has 5 heteroatoms. The van der Waals surface area contributed by atoms with E-state index in [1.54, 1.807) is 12.1 Å². The predicted octanol–water partition coefficient (Wildman–Crippen LogP) is 5.96. The van der Waals surface area contributed by atoms with Crippen molar-refractivity contribution in [2.75, 3.05) is 5.32 Å². The second-order valence-corrected chi connectivity index (χ2v) is 7.34. The van der Waals surface area contributed by atoms with E-state index in [0.717, 1.165) is 15.8 Å². The Morgan fingerprint density at radius 2 is 1.74 bits per heavy atom. The Labute approximate surface area is 161 Å². The summed E-state index contributed by atoms with van der Waals surface area (Å²) in [7, 11) is 0. The number of rotatable bonds is 4. The average Bonchev–Trinajstić information content (AvgIpc) is 3.05. The Kier molecular flexibility index (Phi) is 4.60. The molecule has 27 heavy (non-hydrogen) atoms. The first-order valence-electron chi connectivity index (χ1n) is 8.61. The van der Waals surface area contributed by atoms with Crippen LogP contribution in [0.15, 0.2) is 66.7 Å². The summed E-state index contributed by atoms with van der Waals surface area (Å²) in [6.07, 6.45) is 0. The fourth-order valence-corrected chi connectivity index (χ4v) is 3.98. The van der Waals surface area contributed by atoms with Gasteiger partial charge >= 0.3 is 0 Å². The summed E-state index contributed by atoms with van der Waals surface area (Å²) in [5.74, 6) is 0.952. The van der Waals surface area contributed by atoms with Crippen LogP contribution in [0.4, 0.5) is 5.13 Å². The lowest BCUT2D eigenvalue weighted by atomic mass is 10.1. The number of benzene rings is 3. The first-order valence-corrected chi connectivity index (χ1v) is 9.43. The SMILES string of the molecule is Cc1cc(C)c2nc(NC(=O)c3ccccc3Oc3ccccc3)sc2c1. The standard InChI is InChI=1S/C22H18N2O2S/c1-14-12-15(2)20-19(13-14)27-22(23-20)24-21(25)17-10-6-7-11-18(17)26-16-8-4-3-5-9-16/h3-13H,1-2H3,(H,23,24,25). The van der Waals surface area contributed by atoms with Crippen LogP contribution in [0.1, 0.15) is 21.5 Å². The molecule has 0 fully saturated rings. The molecule has 1 heterocycles. The van der Waals surface area contributed by atoms with E-state index < -0.39 is 0 Å². The molecule has 134 valence electrons. The molecule has 0 spiro atoms. The van der Waals surface area contributed by atoms with Crippen molar-refractivity contribution in [3.05, 3.63) is 83.4 Å². The molecular weight excluding hydrogens is 356 g/mol. The van der Waals surface area contributed by atoms with E-state index in [-0.39, 0.29) is 5.91 Å². The molecule has 1 amide bonds. The molecular formula is C22H18N2O2S. The topological polar surface area (TPSA) is 51.2 Å². The number of para-hydroxylation sites is 2. The first-order chi connectivity index (χ1) is 13.1. The van der Waals surface area contributed by atoms with Crippen molar-refractivity contribution in [1.29, 1.82) is 0 Å². The van der Waals surface area contributed by atoms with Crippen LogP contribution in [-0.4, -0.2) is 10.9 Å². The van der Waals surface area contributed by atoms with Crippen LogP contribution in [0.2, 0.25) is 0 Å². The van der Waals surface area contributed by atoms with Gasteiger partial charge in [-0.15, -0.1) is 0 Å². The summed E-state index contributed by atoms with van der Waals surface area (Å²) in [5.41, 5.74) is 3.68. The van der Waals surface area contributed by atoms with Crippen molar-refractivity contribution in [2.24, 2.45) is 0 Å². The largest absolute Gasteiger partial charge is 0.457 e. The molecule has 0 radical (unpaired) electrons. The summed E-state index contributed by atoms with van der Waals surface area (Å²) in [6.45, 7) is 4.09. The van der Waals surface area contributed by atoms with Gasteiger partial charge in [-0.3, -0.25) is 10.1 Å². The number of thiazole rings is 1.